The van der Waals surface area contributed by atoms with E-state index < -0.39 is 9.84 Å². The van der Waals surface area contributed by atoms with E-state index in [0.717, 1.165) is 6.42 Å². The van der Waals surface area contributed by atoms with Gasteiger partial charge in [0.1, 0.15) is 0 Å². The lowest BCUT2D eigenvalue weighted by Crippen LogP contribution is -2.42. The summed E-state index contributed by atoms with van der Waals surface area (Å²) in [6.07, 6.45) is 1.21. The van der Waals surface area contributed by atoms with Crippen LogP contribution in [0.25, 0.3) is 5.69 Å². The number of aromatic nitrogens is 3. The largest absolute Gasteiger partial charge is 0.333 e. The van der Waals surface area contributed by atoms with Crippen LogP contribution in [-0.4, -0.2) is 58.3 Å². The summed E-state index contributed by atoms with van der Waals surface area (Å²) in [4.78, 5) is 16.1. The fraction of sp³-hybridized carbons (Fsp3) is 0.471. The first-order valence-corrected chi connectivity index (χ1v) is 10.7. The SMILES string of the molecule is CCCN(C(=O)c1nn(-c2cccc(Cl)c2)nc1C)C1CCS(=O)(=O)C1. The molecule has 140 valence electrons. The van der Waals surface area contributed by atoms with Crippen molar-refractivity contribution in [2.45, 2.75) is 32.7 Å². The zero-order valence-corrected chi connectivity index (χ0v) is 16.3. The molecule has 1 aliphatic heterocycles. The lowest BCUT2D eigenvalue weighted by molar-refractivity contribution is 0.0689. The highest BCUT2D eigenvalue weighted by molar-refractivity contribution is 7.91. The molecule has 1 atom stereocenters. The molecule has 0 spiro atoms. The number of hydrogen-bond acceptors (Lipinski definition) is 5. The van der Waals surface area contributed by atoms with Gasteiger partial charge in [-0.1, -0.05) is 24.6 Å². The van der Waals surface area contributed by atoms with Crippen LogP contribution in [0.2, 0.25) is 5.02 Å². The Morgan fingerprint density at radius 1 is 1.38 bits per heavy atom. The molecule has 0 N–H and O–H groups in total. The molecule has 0 saturated carbocycles. The summed E-state index contributed by atoms with van der Waals surface area (Å²) in [6, 6.07) is 6.74. The number of hydrogen-bond donors (Lipinski definition) is 0. The zero-order valence-electron chi connectivity index (χ0n) is 14.7. The third-order valence-electron chi connectivity index (χ3n) is 4.40. The molecule has 1 saturated heterocycles. The van der Waals surface area contributed by atoms with E-state index >= 15 is 0 Å². The highest BCUT2D eigenvalue weighted by Gasteiger charge is 2.36. The van der Waals surface area contributed by atoms with E-state index in [2.05, 4.69) is 10.2 Å². The molecule has 0 bridgehead atoms. The summed E-state index contributed by atoms with van der Waals surface area (Å²) in [5.41, 5.74) is 1.39. The van der Waals surface area contributed by atoms with Gasteiger partial charge < -0.3 is 4.90 Å². The number of carbonyl (C=O) groups is 1. The van der Waals surface area contributed by atoms with Gasteiger partial charge in [-0.15, -0.1) is 5.10 Å². The second kappa shape index (κ2) is 7.36. The Morgan fingerprint density at radius 3 is 2.77 bits per heavy atom. The summed E-state index contributed by atoms with van der Waals surface area (Å²) < 4.78 is 23.6. The molecule has 1 amide bonds. The molecule has 2 aromatic rings. The van der Waals surface area contributed by atoms with Crippen molar-refractivity contribution in [2.24, 2.45) is 0 Å². The van der Waals surface area contributed by atoms with E-state index in [1.165, 1.54) is 4.80 Å². The smallest absolute Gasteiger partial charge is 0.276 e. The van der Waals surface area contributed by atoms with Crippen molar-refractivity contribution in [1.29, 1.82) is 0 Å². The van der Waals surface area contributed by atoms with Crippen LogP contribution >= 0.6 is 11.6 Å². The van der Waals surface area contributed by atoms with Gasteiger partial charge in [0.2, 0.25) is 0 Å². The molecule has 0 radical (unpaired) electrons. The summed E-state index contributed by atoms with van der Waals surface area (Å²) >= 11 is 6.01. The fourth-order valence-electron chi connectivity index (χ4n) is 3.14. The molecule has 9 heteroatoms. The predicted molar refractivity (Wildman–Crippen MR) is 99.5 cm³/mol. The number of rotatable bonds is 5. The third kappa shape index (κ3) is 3.91. The Balaban J connectivity index is 1.90. The van der Waals surface area contributed by atoms with Crippen molar-refractivity contribution in [3.8, 4) is 5.69 Å². The lowest BCUT2D eigenvalue weighted by Gasteiger charge is -2.27. The predicted octanol–water partition coefficient (Wildman–Crippen LogP) is 2.27. The van der Waals surface area contributed by atoms with E-state index in [0.29, 0.717) is 29.4 Å². The number of aryl methyl sites for hydroxylation is 1. The van der Waals surface area contributed by atoms with Crippen LogP contribution in [0.1, 0.15) is 35.9 Å². The average molecular weight is 397 g/mol. The van der Waals surface area contributed by atoms with Crippen LogP contribution in [0.3, 0.4) is 0 Å². The molecule has 3 rings (SSSR count). The molecule has 1 unspecified atom stereocenters. The molecule has 1 aromatic heterocycles. The van der Waals surface area contributed by atoms with Crippen molar-refractivity contribution < 1.29 is 13.2 Å². The van der Waals surface area contributed by atoms with Crippen LogP contribution in [0.15, 0.2) is 24.3 Å². The number of halogens is 1. The first-order valence-electron chi connectivity index (χ1n) is 8.52. The van der Waals surface area contributed by atoms with Crippen LogP contribution in [0.4, 0.5) is 0 Å². The minimum absolute atomic E-state index is 0.0141. The van der Waals surface area contributed by atoms with Gasteiger partial charge in [-0.3, -0.25) is 4.79 Å². The van der Waals surface area contributed by atoms with Gasteiger partial charge >= 0.3 is 0 Å². The summed E-state index contributed by atoms with van der Waals surface area (Å²) in [7, 11) is -3.08. The Hall–Kier alpha value is -1.93. The number of sulfone groups is 1. The highest BCUT2D eigenvalue weighted by Crippen LogP contribution is 2.21. The molecule has 0 aliphatic carbocycles. The minimum Gasteiger partial charge on any atom is -0.333 e. The molecule has 1 aliphatic rings. The summed E-state index contributed by atoms with van der Waals surface area (Å²) in [5.74, 6) is -0.140. The topological polar surface area (TPSA) is 85.2 Å². The number of amides is 1. The maximum absolute atomic E-state index is 13.1. The second-order valence-corrected chi connectivity index (χ2v) is 9.12. The van der Waals surface area contributed by atoms with Gasteiger partial charge in [-0.2, -0.15) is 9.90 Å². The Morgan fingerprint density at radius 2 is 2.15 bits per heavy atom. The molecule has 1 fully saturated rings. The molecular formula is C17H21ClN4O3S. The van der Waals surface area contributed by atoms with Gasteiger partial charge in [0.15, 0.2) is 15.5 Å². The van der Waals surface area contributed by atoms with E-state index in [4.69, 9.17) is 11.6 Å². The third-order valence-corrected chi connectivity index (χ3v) is 6.38. The zero-order chi connectivity index (χ0) is 18.9. The summed E-state index contributed by atoms with van der Waals surface area (Å²) in [6.45, 7) is 4.17. The van der Waals surface area contributed by atoms with Crippen molar-refractivity contribution in [1.82, 2.24) is 19.9 Å². The Bertz CT molecular complexity index is 926. The van der Waals surface area contributed by atoms with Gasteiger partial charge in [0, 0.05) is 17.6 Å². The van der Waals surface area contributed by atoms with Crippen molar-refractivity contribution >= 4 is 27.3 Å². The summed E-state index contributed by atoms with van der Waals surface area (Å²) in [5, 5.41) is 9.21. The van der Waals surface area contributed by atoms with Crippen molar-refractivity contribution in [2.75, 3.05) is 18.1 Å². The number of nitrogens with zero attached hydrogens (tertiary/aromatic N) is 4. The number of carbonyl (C=O) groups excluding carboxylic acids is 1. The van der Waals surface area contributed by atoms with Gasteiger partial charge in [-0.25, -0.2) is 8.42 Å². The highest BCUT2D eigenvalue weighted by atomic mass is 35.5. The Labute approximate surface area is 157 Å². The van der Waals surface area contributed by atoms with Crippen LogP contribution in [-0.2, 0) is 9.84 Å². The van der Waals surface area contributed by atoms with Crippen molar-refractivity contribution in [3.05, 3.63) is 40.7 Å². The van der Waals surface area contributed by atoms with E-state index in [9.17, 15) is 13.2 Å². The maximum Gasteiger partial charge on any atom is 0.276 e. The average Bonchev–Trinajstić information content (AvgIpc) is 3.14. The molecule has 26 heavy (non-hydrogen) atoms. The molecule has 1 aromatic carbocycles. The minimum atomic E-state index is -3.08. The van der Waals surface area contributed by atoms with E-state index in [-0.39, 0.29) is 29.1 Å². The quantitative estimate of drug-likeness (QED) is 0.773. The van der Waals surface area contributed by atoms with Gasteiger partial charge in [-0.05, 0) is 38.0 Å². The van der Waals surface area contributed by atoms with E-state index in [1.807, 2.05) is 6.92 Å². The molecule has 7 nitrogen and oxygen atoms in total. The first-order chi connectivity index (χ1) is 12.3. The monoisotopic (exact) mass is 396 g/mol. The van der Waals surface area contributed by atoms with Gasteiger partial charge in [0.25, 0.3) is 5.91 Å². The normalized spacial score (nSPS) is 18.8. The van der Waals surface area contributed by atoms with Crippen LogP contribution in [0.5, 0.6) is 0 Å². The van der Waals surface area contributed by atoms with Crippen molar-refractivity contribution in [3.63, 3.8) is 0 Å². The standard InChI is InChI=1S/C17H21ClN4O3S/c1-3-8-21(15-7-9-26(24,25)11-15)17(23)16-12(2)19-22(20-16)14-6-4-5-13(18)10-14/h4-6,10,15H,3,7-9,11H2,1-2H3. The Kier molecular flexibility index (Phi) is 5.34. The molecular weight excluding hydrogens is 376 g/mol. The van der Waals surface area contributed by atoms with E-state index in [1.54, 1.807) is 36.1 Å². The molecule has 2 heterocycles. The number of benzene rings is 1. The van der Waals surface area contributed by atoms with Crippen LogP contribution in [0, 0.1) is 6.92 Å². The maximum atomic E-state index is 13.1. The van der Waals surface area contributed by atoms with Gasteiger partial charge in [0.05, 0.1) is 22.9 Å². The van der Waals surface area contributed by atoms with Crippen LogP contribution < -0.4 is 0 Å². The fourth-order valence-corrected chi connectivity index (χ4v) is 5.06. The second-order valence-electron chi connectivity index (χ2n) is 6.46. The first kappa shape index (κ1) is 18.8. The lowest BCUT2D eigenvalue weighted by atomic mass is 10.2.